The third kappa shape index (κ3) is 6.38. The molecule has 3 aromatic rings. The van der Waals surface area contributed by atoms with Crippen molar-refractivity contribution in [1.82, 2.24) is 30.2 Å². The van der Waals surface area contributed by atoms with Crippen LogP contribution in [0.15, 0.2) is 30.6 Å². The summed E-state index contributed by atoms with van der Waals surface area (Å²) in [5.41, 5.74) is 7.11. The molecule has 12 heteroatoms. The number of carbonyl (C=O) groups is 3. The summed E-state index contributed by atoms with van der Waals surface area (Å²) in [6.07, 6.45) is 2.52. The molecule has 0 saturated heterocycles. The molecule has 3 heterocycles. The lowest BCUT2D eigenvalue weighted by Crippen LogP contribution is -2.38. The van der Waals surface area contributed by atoms with E-state index in [-0.39, 0.29) is 30.4 Å². The van der Waals surface area contributed by atoms with Gasteiger partial charge in [-0.05, 0) is 39.0 Å². The SMILES string of the molecule is CC(=O)Nc1cn2nc(-c3cnc(N)c(C(=O)NCCNC(=O)OC(C)(C)C)c3)ccc2n1. The van der Waals surface area contributed by atoms with Gasteiger partial charge < -0.3 is 26.4 Å². The lowest BCUT2D eigenvalue weighted by atomic mass is 10.1. The predicted octanol–water partition coefficient (Wildman–Crippen LogP) is 1.59. The van der Waals surface area contributed by atoms with Crippen molar-refractivity contribution < 1.29 is 19.1 Å². The van der Waals surface area contributed by atoms with Gasteiger partial charge in [0.25, 0.3) is 5.91 Å². The van der Waals surface area contributed by atoms with Gasteiger partial charge in [0.2, 0.25) is 5.91 Å². The van der Waals surface area contributed by atoms with Crippen molar-refractivity contribution in [1.29, 1.82) is 0 Å². The summed E-state index contributed by atoms with van der Waals surface area (Å²) in [7, 11) is 0. The highest BCUT2D eigenvalue weighted by Gasteiger charge is 2.16. The second-order valence-electron chi connectivity index (χ2n) is 8.17. The van der Waals surface area contributed by atoms with E-state index in [1.54, 1.807) is 45.2 Å². The Bertz CT molecular complexity index is 1200. The van der Waals surface area contributed by atoms with Crippen LogP contribution in [0.2, 0.25) is 0 Å². The molecule has 0 aliphatic carbocycles. The largest absolute Gasteiger partial charge is 0.444 e. The van der Waals surface area contributed by atoms with Crippen LogP contribution >= 0.6 is 0 Å². The first-order valence-corrected chi connectivity index (χ1v) is 10.2. The summed E-state index contributed by atoms with van der Waals surface area (Å²) < 4.78 is 6.65. The summed E-state index contributed by atoms with van der Waals surface area (Å²) in [5, 5.41) is 12.3. The Labute approximate surface area is 189 Å². The molecule has 0 bridgehead atoms. The Morgan fingerprint density at radius 2 is 1.88 bits per heavy atom. The second kappa shape index (κ2) is 9.51. The first kappa shape index (κ1) is 23.4. The second-order valence-corrected chi connectivity index (χ2v) is 8.17. The number of alkyl carbamates (subject to hydrolysis) is 1. The summed E-state index contributed by atoms with van der Waals surface area (Å²) in [4.78, 5) is 43.8. The molecule has 0 radical (unpaired) electrons. The summed E-state index contributed by atoms with van der Waals surface area (Å²) in [5.74, 6) is -0.238. The molecule has 0 aliphatic heterocycles. The third-order valence-electron chi connectivity index (χ3n) is 4.16. The maximum Gasteiger partial charge on any atom is 0.407 e. The molecular weight excluding hydrogens is 428 g/mol. The Balaban J connectivity index is 1.68. The fourth-order valence-electron chi connectivity index (χ4n) is 2.82. The number of ether oxygens (including phenoxy) is 1. The quantitative estimate of drug-likeness (QED) is 0.408. The van der Waals surface area contributed by atoms with Gasteiger partial charge in [-0.25, -0.2) is 19.3 Å². The molecule has 0 unspecified atom stereocenters. The van der Waals surface area contributed by atoms with Gasteiger partial charge in [0, 0.05) is 31.8 Å². The van der Waals surface area contributed by atoms with Crippen molar-refractivity contribution in [2.24, 2.45) is 0 Å². The lowest BCUT2D eigenvalue weighted by molar-refractivity contribution is -0.114. The summed E-state index contributed by atoms with van der Waals surface area (Å²) in [6, 6.07) is 5.03. The highest BCUT2D eigenvalue weighted by Crippen LogP contribution is 2.21. The molecule has 12 nitrogen and oxygen atoms in total. The normalized spacial score (nSPS) is 11.2. The maximum absolute atomic E-state index is 12.6. The maximum atomic E-state index is 12.6. The lowest BCUT2D eigenvalue weighted by Gasteiger charge is -2.19. The van der Waals surface area contributed by atoms with Crippen LogP contribution in [-0.4, -0.2) is 56.2 Å². The average Bonchev–Trinajstić information content (AvgIpc) is 3.10. The number of hydrogen-bond donors (Lipinski definition) is 4. The van der Waals surface area contributed by atoms with Crippen molar-refractivity contribution in [2.75, 3.05) is 24.1 Å². The minimum absolute atomic E-state index is 0.0630. The molecule has 0 spiro atoms. The van der Waals surface area contributed by atoms with Gasteiger partial charge in [-0.15, -0.1) is 0 Å². The van der Waals surface area contributed by atoms with Crippen LogP contribution in [0.5, 0.6) is 0 Å². The number of nitrogens with one attached hydrogen (secondary N) is 3. The van der Waals surface area contributed by atoms with Gasteiger partial charge >= 0.3 is 6.09 Å². The Hall–Kier alpha value is -4.22. The smallest absolute Gasteiger partial charge is 0.407 e. The number of amides is 3. The molecular formula is C21H26N8O4. The molecule has 0 aliphatic rings. The molecule has 0 fully saturated rings. The highest BCUT2D eigenvalue weighted by molar-refractivity contribution is 5.99. The van der Waals surface area contributed by atoms with Gasteiger partial charge in [0.05, 0.1) is 17.5 Å². The van der Waals surface area contributed by atoms with Crippen LogP contribution in [0.3, 0.4) is 0 Å². The van der Waals surface area contributed by atoms with Gasteiger partial charge in [0.15, 0.2) is 11.5 Å². The van der Waals surface area contributed by atoms with Crippen molar-refractivity contribution in [3.8, 4) is 11.3 Å². The van der Waals surface area contributed by atoms with E-state index >= 15 is 0 Å². The number of anilines is 2. The van der Waals surface area contributed by atoms with Gasteiger partial charge in [-0.2, -0.15) is 5.10 Å². The molecule has 0 atom stereocenters. The number of carbonyl (C=O) groups excluding carboxylic acids is 3. The number of hydrogen-bond acceptors (Lipinski definition) is 8. The van der Waals surface area contributed by atoms with Crippen LogP contribution in [0.25, 0.3) is 16.9 Å². The van der Waals surface area contributed by atoms with Crippen LogP contribution < -0.4 is 21.7 Å². The minimum Gasteiger partial charge on any atom is -0.444 e. The van der Waals surface area contributed by atoms with Gasteiger partial charge in [-0.1, -0.05) is 0 Å². The molecule has 3 aromatic heterocycles. The third-order valence-corrected chi connectivity index (χ3v) is 4.16. The number of imidazole rings is 1. The predicted molar refractivity (Wildman–Crippen MR) is 122 cm³/mol. The highest BCUT2D eigenvalue weighted by atomic mass is 16.6. The first-order chi connectivity index (χ1) is 15.5. The molecule has 3 amide bonds. The van der Waals surface area contributed by atoms with E-state index < -0.39 is 17.6 Å². The Morgan fingerprint density at radius 3 is 2.58 bits per heavy atom. The molecule has 174 valence electrons. The number of nitrogen functional groups attached to an aromatic ring is 1. The van der Waals surface area contributed by atoms with Gasteiger partial charge in [0.1, 0.15) is 11.4 Å². The topological polar surface area (TPSA) is 166 Å². The average molecular weight is 454 g/mol. The number of fused-ring (bicyclic) bond motifs is 1. The summed E-state index contributed by atoms with van der Waals surface area (Å²) >= 11 is 0. The number of pyridine rings is 1. The molecule has 0 aromatic carbocycles. The summed E-state index contributed by atoms with van der Waals surface area (Å²) in [6.45, 7) is 7.04. The Morgan fingerprint density at radius 1 is 1.15 bits per heavy atom. The van der Waals surface area contributed by atoms with Crippen LogP contribution in [-0.2, 0) is 9.53 Å². The fourth-order valence-corrected chi connectivity index (χ4v) is 2.82. The number of rotatable bonds is 6. The minimum atomic E-state index is -0.604. The van der Waals surface area contributed by atoms with E-state index in [1.165, 1.54) is 17.6 Å². The van der Waals surface area contributed by atoms with Crippen molar-refractivity contribution >= 4 is 35.2 Å². The van der Waals surface area contributed by atoms with E-state index in [1.807, 2.05) is 0 Å². The van der Waals surface area contributed by atoms with Crippen molar-refractivity contribution in [3.63, 3.8) is 0 Å². The molecule has 33 heavy (non-hydrogen) atoms. The molecule has 0 saturated carbocycles. The van der Waals surface area contributed by atoms with E-state index in [0.717, 1.165) is 0 Å². The van der Waals surface area contributed by atoms with E-state index in [4.69, 9.17) is 10.5 Å². The van der Waals surface area contributed by atoms with Crippen LogP contribution in [0, 0.1) is 0 Å². The first-order valence-electron chi connectivity index (χ1n) is 10.2. The molecule has 3 rings (SSSR count). The van der Waals surface area contributed by atoms with Crippen molar-refractivity contribution in [3.05, 3.63) is 36.2 Å². The Kier molecular flexibility index (Phi) is 6.75. The standard InChI is InChI=1S/C21H26N8O4/c1-12(30)26-16-11-29-17(27-16)6-5-15(28-29)13-9-14(18(22)25-10-13)19(31)23-7-8-24-20(32)33-21(2,3)4/h5-6,9-11H,7-8H2,1-4H3,(H2,22,25)(H,23,31)(H,24,32)(H,26,30). The molecule has 5 N–H and O–H groups in total. The van der Waals surface area contributed by atoms with Gasteiger partial charge in [-0.3, -0.25) is 9.59 Å². The van der Waals surface area contributed by atoms with E-state index in [9.17, 15) is 14.4 Å². The van der Waals surface area contributed by atoms with Crippen LogP contribution in [0.1, 0.15) is 38.1 Å². The zero-order chi connectivity index (χ0) is 24.2. The van der Waals surface area contributed by atoms with Crippen LogP contribution in [0.4, 0.5) is 16.4 Å². The zero-order valence-corrected chi connectivity index (χ0v) is 18.8. The monoisotopic (exact) mass is 454 g/mol. The number of nitrogens with zero attached hydrogens (tertiary/aromatic N) is 4. The van der Waals surface area contributed by atoms with Crippen molar-refractivity contribution in [2.45, 2.75) is 33.3 Å². The van der Waals surface area contributed by atoms with E-state index in [0.29, 0.717) is 22.7 Å². The number of nitrogens with two attached hydrogens (primary N) is 1. The zero-order valence-electron chi connectivity index (χ0n) is 18.8. The number of aromatic nitrogens is 4. The van der Waals surface area contributed by atoms with E-state index in [2.05, 4.69) is 31.0 Å². The fraction of sp³-hybridized carbons (Fsp3) is 0.333.